The average molecular weight is 355 g/mol. The second-order valence-corrected chi connectivity index (χ2v) is 6.44. The lowest BCUT2D eigenvalue weighted by molar-refractivity contribution is 0.0693. The normalized spacial score (nSPS) is 14.4. The van der Waals surface area contributed by atoms with Crippen LogP contribution >= 0.6 is 27.7 Å². The van der Waals surface area contributed by atoms with Crippen molar-refractivity contribution in [2.24, 2.45) is 0 Å². The molecule has 0 radical (unpaired) electrons. The number of carbonyl (C=O) groups is 1. The Balaban J connectivity index is 1.79. The predicted octanol–water partition coefficient (Wildman–Crippen LogP) is 2.76. The first-order valence-corrected chi connectivity index (χ1v) is 7.85. The molecule has 1 N–H and O–H groups in total. The minimum atomic E-state index is -0.929. The highest BCUT2D eigenvalue weighted by Crippen LogP contribution is 2.36. The Labute approximate surface area is 127 Å². The van der Waals surface area contributed by atoms with Crippen LogP contribution < -0.4 is 0 Å². The zero-order chi connectivity index (χ0) is 14.1. The third-order valence-electron chi connectivity index (χ3n) is 2.98. The fraction of sp³-hybridized carbons (Fsp3) is 0.333. The van der Waals surface area contributed by atoms with Crippen LogP contribution in [0.2, 0.25) is 0 Å². The first-order chi connectivity index (χ1) is 9.65. The van der Waals surface area contributed by atoms with E-state index in [2.05, 4.69) is 31.5 Å². The molecule has 0 spiro atoms. The Kier molecular flexibility index (Phi) is 3.75. The Bertz CT molecular complexity index is 657. The fourth-order valence-electron chi connectivity index (χ4n) is 1.84. The molecule has 0 unspecified atom stereocenters. The van der Waals surface area contributed by atoms with Gasteiger partial charge in [-0.3, -0.25) is 0 Å². The standard InChI is InChI=1S/C12H11BrN4O2S/c13-7-1-4-9(12(18)19)10(5-7)20-6-11-14-15-16-17(11)8-2-3-8/h1,4-5,8H,2-3,6H2,(H,18,19). The number of aromatic nitrogens is 4. The lowest BCUT2D eigenvalue weighted by Gasteiger charge is -2.06. The van der Waals surface area contributed by atoms with Gasteiger partial charge in [0.05, 0.1) is 17.4 Å². The van der Waals surface area contributed by atoms with Crippen molar-refractivity contribution < 1.29 is 9.90 Å². The highest BCUT2D eigenvalue weighted by atomic mass is 79.9. The summed E-state index contributed by atoms with van der Waals surface area (Å²) in [5.74, 6) is 0.413. The largest absolute Gasteiger partial charge is 0.478 e. The van der Waals surface area contributed by atoms with Gasteiger partial charge in [0.15, 0.2) is 5.82 Å². The molecular weight excluding hydrogens is 344 g/mol. The van der Waals surface area contributed by atoms with E-state index in [-0.39, 0.29) is 0 Å². The van der Waals surface area contributed by atoms with Gasteiger partial charge in [-0.2, -0.15) is 0 Å². The highest BCUT2D eigenvalue weighted by molar-refractivity contribution is 9.10. The number of tetrazole rings is 1. The van der Waals surface area contributed by atoms with Gasteiger partial charge in [-0.05, 0) is 41.5 Å². The summed E-state index contributed by atoms with van der Waals surface area (Å²) in [5, 5.41) is 20.9. The molecule has 3 rings (SSSR count). The summed E-state index contributed by atoms with van der Waals surface area (Å²) in [5.41, 5.74) is 0.295. The van der Waals surface area contributed by atoms with Crippen LogP contribution in [0.5, 0.6) is 0 Å². The van der Waals surface area contributed by atoms with Crippen LogP contribution in [-0.2, 0) is 5.75 Å². The number of carboxylic acids is 1. The second-order valence-electron chi connectivity index (χ2n) is 4.51. The van der Waals surface area contributed by atoms with E-state index in [0.29, 0.717) is 22.3 Å². The molecule has 1 heterocycles. The summed E-state index contributed by atoms with van der Waals surface area (Å²) < 4.78 is 2.69. The molecule has 6 nitrogen and oxygen atoms in total. The number of hydrogen-bond donors (Lipinski definition) is 1. The maximum Gasteiger partial charge on any atom is 0.336 e. The lowest BCUT2D eigenvalue weighted by Crippen LogP contribution is -2.03. The molecule has 0 atom stereocenters. The van der Waals surface area contributed by atoms with Gasteiger partial charge in [-0.1, -0.05) is 15.9 Å². The maximum atomic E-state index is 11.2. The van der Waals surface area contributed by atoms with Crippen molar-refractivity contribution in [2.75, 3.05) is 0 Å². The summed E-state index contributed by atoms with van der Waals surface area (Å²) in [7, 11) is 0. The Morgan fingerprint density at radius 3 is 3.00 bits per heavy atom. The molecule has 1 aliphatic rings. The number of aromatic carboxylic acids is 1. The van der Waals surface area contributed by atoms with E-state index in [0.717, 1.165) is 23.1 Å². The monoisotopic (exact) mass is 354 g/mol. The smallest absolute Gasteiger partial charge is 0.336 e. The van der Waals surface area contributed by atoms with Gasteiger partial charge in [0.2, 0.25) is 0 Å². The van der Waals surface area contributed by atoms with Crippen molar-refractivity contribution in [2.45, 2.75) is 29.5 Å². The van der Waals surface area contributed by atoms with Crippen LogP contribution in [0.15, 0.2) is 27.6 Å². The van der Waals surface area contributed by atoms with Crippen LogP contribution in [0.1, 0.15) is 35.1 Å². The summed E-state index contributed by atoms with van der Waals surface area (Å²) >= 11 is 4.79. The van der Waals surface area contributed by atoms with Crippen molar-refractivity contribution in [1.82, 2.24) is 20.2 Å². The van der Waals surface area contributed by atoms with E-state index in [4.69, 9.17) is 0 Å². The maximum absolute atomic E-state index is 11.2. The molecule has 20 heavy (non-hydrogen) atoms. The molecule has 104 valence electrons. The molecule has 0 aliphatic heterocycles. The third kappa shape index (κ3) is 2.85. The van der Waals surface area contributed by atoms with Crippen molar-refractivity contribution in [3.8, 4) is 0 Å². The molecule has 1 aliphatic carbocycles. The van der Waals surface area contributed by atoms with Crippen LogP contribution in [0.25, 0.3) is 0 Å². The van der Waals surface area contributed by atoms with Crippen molar-refractivity contribution in [3.63, 3.8) is 0 Å². The van der Waals surface area contributed by atoms with E-state index in [1.54, 1.807) is 18.2 Å². The molecular formula is C12H11BrN4O2S. The zero-order valence-corrected chi connectivity index (χ0v) is 12.8. The third-order valence-corrected chi connectivity index (χ3v) is 4.53. The molecule has 1 saturated carbocycles. The predicted molar refractivity (Wildman–Crippen MR) is 76.8 cm³/mol. The molecule has 0 bridgehead atoms. The summed E-state index contributed by atoms with van der Waals surface area (Å²) in [6.07, 6.45) is 2.22. The molecule has 8 heteroatoms. The highest BCUT2D eigenvalue weighted by Gasteiger charge is 2.27. The molecule has 0 saturated heterocycles. The van der Waals surface area contributed by atoms with Gasteiger partial charge in [0, 0.05) is 9.37 Å². The number of hydrogen-bond acceptors (Lipinski definition) is 5. The second kappa shape index (κ2) is 5.53. The van der Waals surface area contributed by atoms with Crippen molar-refractivity contribution in [3.05, 3.63) is 34.1 Å². The number of halogens is 1. The minimum Gasteiger partial charge on any atom is -0.478 e. The van der Waals surface area contributed by atoms with Gasteiger partial charge < -0.3 is 5.11 Å². The van der Waals surface area contributed by atoms with E-state index in [9.17, 15) is 9.90 Å². The van der Waals surface area contributed by atoms with Gasteiger partial charge in [-0.15, -0.1) is 16.9 Å². The van der Waals surface area contributed by atoms with Gasteiger partial charge in [-0.25, -0.2) is 9.48 Å². The van der Waals surface area contributed by atoms with Gasteiger partial charge in [0.25, 0.3) is 0 Å². The Morgan fingerprint density at radius 2 is 2.30 bits per heavy atom. The first-order valence-electron chi connectivity index (χ1n) is 6.07. The number of carboxylic acid groups (broad SMARTS) is 1. The summed E-state index contributed by atoms with van der Waals surface area (Å²) in [4.78, 5) is 11.9. The number of thioether (sulfide) groups is 1. The Morgan fingerprint density at radius 1 is 1.50 bits per heavy atom. The van der Waals surface area contributed by atoms with E-state index >= 15 is 0 Å². The summed E-state index contributed by atoms with van der Waals surface area (Å²) in [6, 6.07) is 5.54. The quantitative estimate of drug-likeness (QED) is 0.831. The molecule has 2 aromatic rings. The molecule has 0 amide bonds. The molecule has 1 aromatic heterocycles. The lowest BCUT2D eigenvalue weighted by atomic mass is 10.2. The van der Waals surface area contributed by atoms with Crippen molar-refractivity contribution >= 4 is 33.7 Å². The number of benzene rings is 1. The fourth-order valence-corrected chi connectivity index (χ4v) is 3.35. The summed E-state index contributed by atoms with van der Waals surface area (Å²) in [6.45, 7) is 0. The average Bonchev–Trinajstić information content (AvgIpc) is 3.15. The molecule has 1 aromatic carbocycles. The topological polar surface area (TPSA) is 80.9 Å². The van der Waals surface area contributed by atoms with Crippen LogP contribution in [0.4, 0.5) is 0 Å². The minimum absolute atomic E-state index is 0.295. The van der Waals surface area contributed by atoms with Crippen LogP contribution in [-0.4, -0.2) is 31.3 Å². The van der Waals surface area contributed by atoms with E-state index in [1.807, 2.05) is 4.68 Å². The van der Waals surface area contributed by atoms with Gasteiger partial charge in [0.1, 0.15) is 0 Å². The molecule has 1 fully saturated rings. The SMILES string of the molecule is O=C(O)c1ccc(Br)cc1SCc1nnnn1C1CC1. The first kappa shape index (κ1) is 13.6. The van der Waals surface area contributed by atoms with Crippen LogP contribution in [0, 0.1) is 0 Å². The Hall–Kier alpha value is -1.41. The van der Waals surface area contributed by atoms with E-state index < -0.39 is 5.97 Å². The van der Waals surface area contributed by atoms with Crippen LogP contribution in [0.3, 0.4) is 0 Å². The number of nitrogens with zero attached hydrogens (tertiary/aromatic N) is 4. The van der Waals surface area contributed by atoms with E-state index in [1.165, 1.54) is 11.8 Å². The number of rotatable bonds is 5. The zero-order valence-electron chi connectivity index (χ0n) is 10.4. The van der Waals surface area contributed by atoms with Gasteiger partial charge >= 0.3 is 5.97 Å². The van der Waals surface area contributed by atoms with Crippen molar-refractivity contribution in [1.29, 1.82) is 0 Å².